The highest BCUT2D eigenvalue weighted by molar-refractivity contribution is 7.17. The molecule has 0 unspecified atom stereocenters. The lowest BCUT2D eigenvalue weighted by molar-refractivity contribution is 0.100. The second-order valence-electron chi connectivity index (χ2n) is 3.44. The Bertz CT molecular complexity index is 656. The summed E-state index contributed by atoms with van der Waals surface area (Å²) in [5.41, 5.74) is 10.3. The lowest BCUT2D eigenvalue weighted by Gasteiger charge is -1.98. The Morgan fingerprint density at radius 3 is 2.68 bits per heavy atom. The molecule has 0 saturated heterocycles. The fourth-order valence-electron chi connectivity index (χ4n) is 1.44. The number of aromatic nitrogens is 1. The molecule has 2 heterocycles. The number of carbonyl (C=O) groups excluding carboxylic acids is 2. The molecular formula is C11H8FN3O3S. The Kier molecular flexibility index (Phi) is 3.43. The lowest BCUT2D eigenvalue weighted by Crippen LogP contribution is -2.18. The molecule has 0 spiro atoms. The summed E-state index contributed by atoms with van der Waals surface area (Å²) in [6.07, 6.45) is 1.35. The topological polar surface area (TPSA) is 108 Å². The number of pyridine rings is 1. The second kappa shape index (κ2) is 5.02. The van der Waals surface area contributed by atoms with Crippen LogP contribution in [0.5, 0.6) is 5.75 Å². The van der Waals surface area contributed by atoms with E-state index in [0.717, 1.165) is 17.5 Å². The zero-order chi connectivity index (χ0) is 14.0. The first kappa shape index (κ1) is 13.0. The molecule has 0 aromatic carbocycles. The first-order chi connectivity index (χ1) is 8.99. The van der Waals surface area contributed by atoms with E-state index >= 15 is 0 Å². The van der Waals surface area contributed by atoms with Crippen LogP contribution in [0, 0.1) is 5.82 Å². The Morgan fingerprint density at radius 1 is 1.37 bits per heavy atom. The number of nitrogens with zero attached hydrogens (tertiary/aromatic N) is 1. The molecule has 4 N–H and O–H groups in total. The van der Waals surface area contributed by atoms with Crippen molar-refractivity contribution in [2.75, 3.05) is 0 Å². The third kappa shape index (κ3) is 2.68. The standard InChI is InChI=1S/C11H8FN3O3S/c12-6-4-15-2-1-5(6)8-3-7(18-11(14)17)9(19-8)10(13)16/h1-4H,(H2,13,16)(H2,14,17). The van der Waals surface area contributed by atoms with Gasteiger partial charge < -0.3 is 16.2 Å². The van der Waals surface area contributed by atoms with Gasteiger partial charge in [-0.2, -0.15) is 0 Å². The van der Waals surface area contributed by atoms with E-state index in [0.29, 0.717) is 4.88 Å². The number of halogens is 1. The Hall–Kier alpha value is -2.48. The van der Waals surface area contributed by atoms with E-state index in [2.05, 4.69) is 9.72 Å². The van der Waals surface area contributed by atoms with Gasteiger partial charge in [-0.3, -0.25) is 9.78 Å². The highest BCUT2D eigenvalue weighted by Gasteiger charge is 2.19. The molecule has 0 aliphatic heterocycles. The van der Waals surface area contributed by atoms with Gasteiger partial charge in [0.05, 0.1) is 6.20 Å². The molecule has 19 heavy (non-hydrogen) atoms. The Balaban J connectivity index is 2.52. The fraction of sp³-hybridized carbons (Fsp3) is 0. The van der Waals surface area contributed by atoms with Gasteiger partial charge in [0.1, 0.15) is 10.7 Å². The average Bonchev–Trinajstić information content (AvgIpc) is 2.72. The summed E-state index contributed by atoms with van der Waals surface area (Å²) in [6, 6.07) is 2.76. The maximum absolute atomic E-state index is 13.6. The number of nitrogens with two attached hydrogens (primary N) is 2. The van der Waals surface area contributed by atoms with Gasteiger partial charge in [-0.25, -0.2) is 9.18 Å². The largest absolute Gasteiger partial charge is 0.410 e. The van der Waals surface area contributed by atoms with Crippen molar-refractivity contribution in [3.05, 3.63) is 35.2 Å². The predicted molar refractivity (Wildman–Crippen MR) is 66.2 cm³/mol. The van der Waals surface area contributed by atoms with Gasteiger partial charge in [0.25, 0.3) is 5.91 Å². The van der Waals surface area contributed by atoms with Crippen molar-refractivity contribution >= 4 is 23.3 Å². The maximum Gasteiger partial charge on any atom is 0.410 e. The van der Waals surface area contributed by atoms with E-state index < -0.39 is 17.8 Å². The minimum Gasteiger partial charge on any atom is -0.409 e. The Labute approximate surface area is 110 Å². The quantitative estimate of drug-likeness (QED) is 0.888. The third-order valence-corrected chi connectivity index (χ3v) is 3.33. The molecule has 6 nitrogen and oxygen atoms in total. The van der Waals surface area contributed by atoms with Crippen LogP contribution in [0.3, 0.4) is 0 Å². The third-order valence-electron chi connectivity index (χ3n) is 2.17. The van der Waals surface area contributed by atoms with Crippen molar-refractivity contribution in [2.45, 2.75) is 0 Å². The lowest BCUT2D eigenvalue weighted by atomic mass is 10.2. The van der Waals surface area contributed by atoms with Crippen LogP contribution in [0.25, 0.3) is 10.4 Å². The van der Waals surface area contributed by atoms with Crippen LogP contribution in [0.4, 0.5) is 9.18 Å². The van der Waals surface area contributed by atoms with E-state index in [1.165, 1.54) is 18.3 Å². The molecule has 2 rings (SSSR count). The first-order valence-corrected chi connectivity index (χ1v) is 5.81. The van der Waals surface area contributed by atoms with Gasteiger partial charge in [0, 0.05) is 22.7 Å². The zero-order valence-electron chi connectivity index (χ0n) is 9.42. The highest BCUT2D eigenvalue weighted by atomic mass is 32.1. The molecule has 0 atom stereocenters. The zero-order valence-corrected chi connectivity index (χ0v) is 10.2. The SMILES string of the molecule is NC(=O)Oc1cc(-c2ccncc2F)sc1C(N)=O. The van der Waals surface area contributed by atoms with Crippen LogP contribution in [0.15, 0.2) is 24.5 Å². The molecule has 0 fully saturated rings. The van der Waals surface area contributed by atoms with Crippen LogP contribution in [0.1, 0.15) is 9.67 Å². The molecule has 0 radical (unpaired) electrons. The van der Waals surface area contributed by atoms with Crippen LogP contribution >= 0.6 is 11.3 Å². The van der Waals surface area contributed by atoms with Crippen molar-refractivity contribution in [2.24, 2.45) is 11.5 Å². The molecule has 0 aliphatic carbocycles. The molecule has 0 saturated carbocycles. The predicted octanol–water partition coefficient (Wildman–Crippen LogP) is 1.51. The van der Waals surface area contributed by atoms with Crippen molar-refractivity contribution in [3.8, 4) is 16.2 Å². The van der Waals surface area contributed by atoms with Gasteiger partial charge in [-0.15, -0.1) is 11.3 Å². The molecule has 0 aliphatic rings. The van der Waals surface area contributed by atoms with Crippen LogP contribution in [0.2, 0.25) is 0 Å². The summed E-state index contributed by atoms with van der Waals surface area (Å²) >= 11 is 0.902. The van der Waals surface area contributed by atoms with Crippen molar-refractivity contribution in [1.29, 1.82) is 0 Å². The van der Waals surface area contributed by atoms with E-state index in [9.17, 15) is 14.0 Å². The monoisotopic (exact) mass is 281 g/mol. The summed E-state index contributed by atoms with van der Waals surface area (Å²) in [7, 11) is 0. The number of hydrogen-bond donors (Lipinski definition) is 2. The van der Waals surface area contributed by atoms with Crippen molar-refractivity contribution in [1.82, 2.24) is 4.98 Å². The van der Waals surface area contributed by atoms with Crippen LogP contribution in [-0.4, -0.2) is 17.0 Å². The van der Waals surface area contributed by atoms with Crippen molar-refractivity contribution < 1.29 is 18.7 Å². The maximum atomic E-state index is 13.6. The summed E-state index contributed by atoms with van der Waals surface area (Å²) in [5.74, 6) is -1.44. The van der Waals surface area contributed by atoms with Gasteiger partial charge in [0.15, 0.2) is 5.75 Å². The van der Waals surface area contributed by atoms with Gasteiger partial charge in [0.2, 0.25) is 0 Å². The molecule has 8 heteroatoms. The van der Waals surface area contributed by atoms with E-state index in [4.69, 9.17) is 11.5 Å². The van der Waals surface area contributed by atoms with Gasteiger partial charge in [-0.05, 0) is 6.07 Å². The highest BCUT2D eigenvalue weighted by Crippen LogP contribution is 2.36. The number of primary amides is 2. The second-order valence-corrected chi connectivity index (χ2v) is 4.50. The number of thiophene rings is 1. The number of carbonyl (C=O) groups is 2. The molecule has 2 aromatic heterocycles. The van der Waals surface area contributed by atoms with E-state index in [-0.39, 0.29) is 16.2 Å². The minimum atomic E-state index is -1.08. The minimum absolute atomic E-state index is 0.00925. The van der Waals surface area contributed by atoms with Gasteiger partial charge >= 0.3 is 6.09 Å². The summed E-state index contributed by atoms with van der Waals surface area (Å²) in [4.78, 5) is 25.9. The number of hydrogen-bond acceptors (Lipinski definition) is 5. The van der Waals surface area contributed by atoms with Crippen LogP contribution in [-0.2, 0) is 0 Å². The molecule has 98 valence electrons. The molecule has 0 bridgehead atoms. The Morgan fingerprint density at radius 2 is 2.11 bits per heavy atom. The summed E-state index contributed by atoms with van der Waals surface area (Å²) in [6.45, 7) is 0. The van der Waals surface area contributed by atoms with Gasteiger partial charge in [-0.1, -0.05) is 0 Å². The van der Waals surface area contributed by atoms with Crippen LogP contribution < -0.4 is 16.2 Å². The normalized spacial score (nSPS) is 10.2. The van der Waals surface area contributed by atoms with E-state index in [1.54, 1.807) is 0 Å². The number of ether oxygens (including phenoxy) is 1. The number of amides is 2. The summed E-state index contributed by atoms with van der Waals surface area (Å²) in [5, 5.41) is 0. The smallest absolute Gasteiger partial charge is 0.409 e. The molecule has 2 aromatic rings. The fourth-order valence-corrected chi connectivity index (χ4v) is 2.40. The van der Waals surface area contributed by atoms with E-state index in [1.807, 2.05) is 0 Å². The number of rotatable bonds is 3. The molecular weight excluding hydrogens is 273 g/mol. The first-order valence-electron chi connectivity index (χ1n) is 5.00. The average molecular weight is 281 g/mol. The summed E-state index contributed by atoms with van der Waals surface area (Å²) < 4.78 is 18.2. The molecule has 2 amide bonds. The van der Waals surface area contributed by atoms with Crippen molar-refractivity contribution in [3.63, 3.8) is 0 Å².